The van der Waals surface area contributed by atoms with Gasteiger partial charge in [0.15, 0.2) is 0 Å². The van der Waals surface area contributed by atoms with Gasteiger partial charge in [0.25, 0.3) is 0 Å². The van der Waals surface area contributed by atoms with Gasteiger partial charge in [-0.1, -0.05) is 6.07 Å². The van der Waals surface area contributed by atoms with Gasteiger partial charge >= 0.3 is 6.18 Å². The number of hydrogen-bond acceptors (Lipinski definition) is 13. The SMILES string of the molecule is CC(C)(C)N[C@@H]1CC[C@H](N2CC[C@H](Nc3ncnc4ccc(C(F)(F)F)cc34)C2=O)[C@H](NC(=O)C2CCC(NC(=O)CCOCCOCCOCCNC(=O)[C@H]3CC(=O)N[C@@H]3c3cccnc3)CC2)C1. The van der Waals surface area contributed by atoms with Gasteiger partial charge in [0.2, 0.25) is 29.5 Å². The number of hydrogen-bond donors (Lipinski definition) is 6. The van der Waals surface area contributed by atoms with Crippen molar-refractivity contribution in [2.24, 2.45) is 11.8 Å². The molecule has 70 heavy (non-hydrogen) atoms. The maximum Gasteiger partial charge on any atom is 0.416 e. The van der Waals surface area contributed by atoms with E-state index in [4.69, 9.17) is 14.2 Å². The number of anilines is 1. The van der Waals surface area contributed by atoms with Crippen LogP contribution in [0.1, 0.15) is 102 Å². The summed E-state index contributed by atoms with van der Waals surface area (Å²) in [6, 6.07) is 5.23. The molecule has 2 aliphatic heterocycles. The lowest BCUT2D eigenvalue weighted by molar-refractivity contribution is -0.137. The van der Waals surface area contributed by atoms with E-state index in [0.29, 0.717) is 90.0 Å². The zero-order chi connectivity index (χ0) is 49.8. The number of rotatable bonds is 21. The minimum atomic E-state index is -4.55. The monoisotopic (exact) mass is 981 g/mol. The number of nitrogens with one attached hydrogen (secondary N) is 6. The van der Waals surface area contributed by atoms with Crippen molar-refractivity contribution in [3.05, 3.63) is 60.2 Å². The predicted octanol–water partition coefficient (Wildman–Crippen LogP) is 3.96. The summed E-state index contributed by atoms with van der Waals surface area (Å²) in [5.74, 6) is -1.37. The van der Waals surface area contributed by atoms with Gasteiger partial charge in [-0.05, 0) is 102 Å². The zero-order valence-electron chi connectivity index (χ0n) is 40.2. The van der Waals surface area contributed by atoms with Gasteiger partial charge in [-0.3, -0.25) is 29.0 Å². The summed E-state index contributed by atoms with van der Waals surface area (Å²) in [6.07, 6.45) is 5.34. The van der Waals surface area contributed by atoms with Gasteiger partial charge < -0.3 is 51.0 Å². The molecule has 0 unspecified atom stereocenters. The number of carbonyl (C=O) groups is 5. The van der Waals surface area contributed by atoms with Crippen LogP contribution in [0.5, 0.6) is 0 Å². The van der Waals surface area contributed by atoms with Crippen LogP contribution in [0.3, 0.4) is 0 Å². The van der Waals surface area contributed by atoms with Gasteiger partial charge in [0, 0.05) is 67.3 Å². The minimum absolute atomic E-state index is 0.0533. The second kappa shape index (κ2) is 24.1. The van der Waals surface area contributed by atoms with E-state index in [1.807, 2.05) is 11.0 Å². The van der Waals surface area contributed by atoms with Crippen molar-refractivity contribution in [1.82, 2.24) is 46.4 Å². The number of amides is 5. The number of aromatic nitrogens is 3. The van der Waals surface area contributed by atoms with E-state index >= 15 is 0 Å². The molecule has 6 N–H and O–H groups in total. The molecule has 5 amide bonds. The Balaban J connectivity index is 0.774. The maximum atomic E-state index is 14.0. The van der Waals surface area contributed by atoms with Gasteiger partial charge in [0.05, 0.1) is 74.8 Å². The van der Waals surface area contributed by atoms with Crippen LogP contribution in [-0.2, 0) is 44.4 Å². The fraction of sp³-hybridized carbons (Fsp3) is 0.633. The molecule has 0 spiro atoms. The summed E-state index contributed by atoms with van der Waals surface area (Å²) in [5.41, 5.74) is 0.123. The number of alkyl halides is 3. The summed E-state index contributed by atoms with van der Waals surface area (Å²) in [7, 11) is 0. The molecular weight excluding hydrogens is 914 g/mol. The molecule has 4 aliphatic rings. The Morgan fingerprint density at radius 1 is 0.843 bits per heavy atom. The number of nitrogens with zero attached hydrogens (tertiary/aromatic N) is 4. The van der Waals surface area contributed by atoms with E-state index in [-0.39, 0.29) is 102 Å². The smallest absolute Gasteiger partial charge is 0.379 e. The zero-order valence-corrected chi connectivity index (χ0v) is 40.2. The molecule has 18 nitrogen and oxygen atoms in total. The summed E-state index contributed by atoms with van der Waals surface area (Å²) in [5, 5.41) is 19.1. The average molecular weight is 981 g/mol. The lowest BCUT2D eigenvalue weighted by atomic mass is 9.82. The van der Waals surface area contributed by atoms with Gasteiger partial charge in [-0.15, -0.1) is 0 Å². The molecule has 7 rings (SSSR count). The van der Waals surface area contributed by atoms with Gasteiger partial charge in [-0.25, -0.2) is 9.97 Å². The van der Waals surface area contributed by atoms with Crippen molar-refractivity contribution in [2.75, 3.05) is 58.0 Å². The van der Waals surface area contributed by atoms with E-state index in [2.05, 4.69) is 67.6 Å². The van der Waals surface area contributed by atoms with Crippen LogP contribution in [0.25, 0.3) is 10.9 Å². The van der Waals surface area contributed by atoms with Crippen molar-refractivity contribution in [1.29, 1.82) is 0 Å². The van der Waals surface area contributed by atoms with Crippen molar-refractivity contribution in [2.45, 2.75) is 133 Å². The van der Waals surface area contributed by atoms with Gasteiger partial charge in [0.1, 0.15) is 18.2 Å². The van der Waals surface area contributed by atoms with E-state index in [0.717, 1.165) is 24.1 Å². The summed E-state index contributed by atoms with van der Waals surface area (Å²) < 4.78 is 57.4. The van der Waals surface area contributed by atoms with Crippen molar-refractivity contribution < 1.29 is 51.4 Å². The lowest BCUT2D eigenvalue weighted by Gasteiger charge is -2.43. The minimum Gasteiger partial charge on any atom is -0.379 e. The first-order valence-corrected chi connectivity index (χ1v) is 24.5. The van der Waals surface area contributed by atoms with Crippen LogP contribution in [0, 0.1) is 11.8 Å². The van der Waals surface area contributed by atoms with Crippen molar-refractivity contribution >= 4 is 46.3 Å². The maximum absolute atomic E-state index is 14.0. The molecule has 2 saturated carbocycles. The molecule has 6 atom stereocenters. The second-order valence-corrected chi connectivity index (χ2v) is 19.7. The Morgan fingerprint density at radius 3 is 2.29 bits per heavy atom. The summed E-state index contributed by atoms with van der Waals surface area (Å²) in [6.45, 7) is 8.82. The summed E-state index contributed by atoms with van der Waals surface area (Å²) in [4.78, 5) is 79.7. The molecule has 2 saturated heterocycles. The van der Waals surface area contributed by atoms with E-state index in [1.165, 1.54) is 12.4 Å². The topological polar surface area (TPSA) is 227 Å². The molecule has 0 radical (unpaired) electrons. The Bertz CT molecular complexity index is 2260. The third kappa shape index (κ3) is 14.5. The quantitative estimate of drug-likeness (QED) is 0.0833. The Labute approximate surface area is 406 Å². The highest BCUT2D eigenvalue weighted by Crippen LogP contribution is 2.35. The predicted molar refractivity (Wildman–Crippen MR) is 252 cm³/mol. The number of ether oxygens (including phenoxy) is 3. The van der Waals surface area contributed by atoms with Crippen LogP contribution in [-0.4, -0.2) is 138 Å². The molecule has 2 aromatic heterocycles. The van der Waals surface area contributed by atoms with Crippen LogP contribution < -0.4 is 31.9 Å². The molecule has 0 bridgehead atoms. The first-order valence-electron chi connectivity index (χ1n) is 24.5. The van der Waals surface area contributed by atoms with Crippen LogP contribution >= 0.6 is 0 Å². The fourth-order valence-electron chi connectivity index (χ4n) is 10.1. The van der Waals surface area contributed by atoms with Crippen LogP contribution in [0.4, 0.5) is 19.0 Å². The molecule has 21 heteroatoms. The first kappa shape index (κ1) is 52.3. The number of benzene rings is 1. The van der Waals surface area contributed by atoms with Gasteiger partial charge in [-0.2, -0.15) is 13.2 Å². The third-order valence-corrected chi connectivity index (χ3v) is 13.4. The molecule has 4 fully saturated rings. The standard InChI is InChI=1S/C49H67F3N10O8/c1-48(2,3)61-34-11-13-40(62-18-14-38(47(62)67)58-44-35-25-32(49(50,51)52)8-12-37(35)55-29-56-44)39(26-34)59-45(65)30-6-9-33(10-7-30)57-41(63)15-19-68-21-23-70-24-22-69-20-17-54-46(66)36-27-42(64)60-43(36)31-5-4-16-53-28-31/h4-5,8,12,16,25,28-30,33-34,36,38-40,43,61H,6-7,9-11,13-15,17-24,26-27H2,1-3H3,(H,54,66)(H,57,63)(H,59,65)(H,60,64)(H,55,56,58)/t30?,33?,34-,36+,38+,39-,40+,43-/m1/s1. The van der Waals surface area contributed by atoms with E-state index in [9.17, 15) is 37.1 Å². The molecule has 382 valence electrons. The number of carbonyl (C=O) groups excluding carboxylic acids is 5. The number of halogens is 3. The molecule has 4 heterocycles. The summed E-state index contributed by atoms with van der Waals surface area (Å²) >= 11 is 0. The molecule has 3 aromatic rings. The van der Waals surface area contributed by atoms with E-state index < -0.39 is 29.7 Å². The molecule has 2 aliphatic carbocycles. The van der Waals surface area contributed by atoms with E-state index in [1.54, 1.807) is 18.5 Å². The number of pyridine rings is 1. The average Bonchev–Trinajstić information content (AvgIpc) is 3.90. The second-order valence-electron chi connectivity index (χ2n) is 19.7. The number of likely N-dealkylation sites (tertiary alicyclic amines) is 1. The van der Waals surface area contributed by atoms with Crippen molar-refractivity contribution in [3.63, 3.8) is 0 Å². The highest BCUT2D eigenvalue weighted by atomic mass is 19.4. The van der Waals surface area contributed by atoms with Crippen LogP contribution in [0.15, 0.2) is 49.1 Å². The molecule has 1 aromatic carbocycles. The van der Waals surface area contributed by atoms with Crippen LogP contribution in [0.2, 0.25) is 0 Å². The third-order valence-electron chi connectivity index (χ3n) is 13.4. The highest BCUT2D eigenvalue weighted by molar-refractivity contribution is 5.93. The fourth-order valence-corrected chi connectivity index (χ4v) is 10.1. The Hall–Kier alpha value is -5.51. The largest absolute Gasteiger partial charge is 0.416 e. The highest BCUT2D eigenvalue weighted by Gasteiger charge is 2.44. The lowest BCUT2D eigenvalue weighted by Crippen LogP contribution is -2.60. The number of fused-ring (bicyclic) bond motifs is 1. The normalized spacial score (nSPS) is 25.1. The molecular formula is C49H67F3N10O8. The van der Waals surface area contributed by atoms with Crippen molar-refractivity contribution in [3.8, 4) is 0 Å². The first-order chi connectivity index (χ1) is 33.5. The Kier molecular flexibility index (Phi) is 18.0. The Morgan fingerprint density at radius 2 is 1.57 bits per heavy atom.